The molecule has 0 atom stereocenters. The minimum Gasteiger partial charge on any atom is -0.310 e. The molecule has 1 fully saturated rings. The molecule has 1 saturated carbocycles. The monoisotopic (exact) mass is 811 g/mol. The molecule has 306 valence electrons. The predicted molar refractivity (Wildman–Crippen MR) is 267 cm³/mol. The highest BCUT2D eigenvalue weighted by Gasteiger charge is 2.47. The van der Waals surface area contributed by atoms with Crippen LogP contribution in [0.25, 0.3) is 44.2 Å². The normalized spacial score (nSPS) is 14.4. The molecule has 0 spiro atoms. The Morgan fingerprint density at radius 3 is 1.73 bits per heavy atom. The van der Waals surface area contributed by atoms with E-state index in [0.717, 1.165) is 17.1 Å². The molecule has 63 heavy (non-hydrogen) atoms. The zero-order chi connectivity index (χ0) is 42.3. The van der Waals surface area contributed by atoms with Gasteiger partial charge in [-0.3, -0.25) is 0 Å². The van der Waals surface area contributed by atoms with Gasteiger partial charge in [-0.2, -0.15) is 0 Å². The molecule has 0 N–H and O–H groups in total. The standard InChI is InChI=1S/C62H53N/c1-43(2)54-28-17-29-57-61(54)56-40-39-53(42-58(56)62(57,50-23-11-5-12-24-50)51-25-13-6-14-26-51)63(59-41-36-48-20-15-16-27-55(48)60(59)49-21-9-4-10-22-49)52-37-34-47(35-38-52)46-32-30-45(31-33-46)44-18-7-3-8-19-44/h4-6,9-17,20-44H,3,7-8,18-19H2,1-2H3. The largest absolute Gasteiger partial charge is 0.310 e. The van der Waals surface area contributed by atoms with Crippen molar-refractivity contribution in [3.8, 4) is 33.4 Å². The lowest BCUT2D eigenvalue weighted by molar-refractivity contribution is 0.443. The van der Waals surface area contributed by atoms with Crippen molar-refractivity contribution in [2.45, 2.75) is 63.2 Å². The summed E-state index contributed by atoms with van der Waals surface area (Å²) in [6.45, 7) is 4.66. The zero-order valence-electron chi connectivity index (χ0n) is 36.3. The lowest BCUT2D eigenvalue weighted by Crippen LogP contribution is -2.28. The third-order valence-corrected chi connectivity index (χ3v) is 14.1. The van der Waals surface area contributed by atoms with E-state index in [9.17, 15) is 0 Å². The van der Waals surface area contributed by atoms with Crippen LogP contribution in [0.15, 0.2) is 212 Å². The molecule has 0 aliphatic heterocycles. The van der Waals surface area contributed by atoms with Gasteiger partial charge in [-0.05, 0) is 127 Å². The van der Waals surface area contributed by atoms with Gasteiger partial charge in [0.15, 0.2) is 0 Å². The minimum atomic E-state index is -0.529. The van der Waals surface area contributed by atoms with Crippen LogP contribution < -0.4 is 4.90 Å². The first-order valence-corrected chi connectivity index (χ1v) is 23.1. The SMILES string of the molecule is CC(C)c1cccc2c1-c1ccc(N(c3ccc(-c4ccc(C5CCCCC5)cc4)cc3)c3ccc4ccccc4c3-c3ccccc3)cc1C2(c1ccccc1)c1ccccc1. The van der Waals surface area contributed by atoms with Crippen molar-refractivity contribution in [1.82, 2.24) is 0 Å². The van der Waals surface area contributed by atoms with Crippen LogP contribution in [0.3, 0.4) is 0 Å². The smallest absolute Gasteiger partial charge is 0.0714 e. The highest BCUT2D eigenvalue weighted by molar-refractivity contribution is 6.05. The van der Waals surface area contributed by atoms with E-state index in [2.05, 4.69) is 231 Å². The minimum absolute atomic E-state index is 0.360. The second kappa shape index (κ2) is 16.4. The molecule has 0 saturated heterocycles. The molecule has 0 unspecified atom stereocenters. The number of nitrogens with zero attached hydrogens (tertiary/aromatic N) is 1. The maximum atomic E-state index is 2.52. The van der Waals surface area contributed by atoms with Crippen LogP contribution in [0, 0.1) is 0 Å². The average Bonchev–Trinajstić information content (AvgIpc) is 3.66. The first-order chi connectivity index (χ1) is 31.1. The highest BCUT2D eigenvalue weighted by atomic mass is 15.1. The van der Waals surface area contributed by atoms with Gasteiger partial charge >= 0.3 is 0 Å². The molecule has 9 aromatic carbocycles. The number of benzene rings is 9. The first-order valence-electron chi connectivity index (χ1n) is 23.1. The van der Waals surface area contributed by atoms with E-state index >= 15 is 0 Å². The summed E-state index contributed by atoms with van der Waals surface area (Å²) in [5.74, 6) is 1.06. The molecular formula is C62H53N. The summed E-state index contributed by atoms with van der Waals surface area (Å²) in [4.78, 5) is 2.51. The van der Waals surface area contributed by atoms with Crippen molar-refractivity contribution in [1.29, 1.82) is 0 Å². The predicted octanol–water partition coefficient (Wildman–Crippen LogP) is 17.2. The molecule has 1 heteroatoms. The van der Waals surface area contributed by atoms with Crippen LogP contribution in [0.5, 0.6) is 0 Å². The molecule has 2 aliphatic carbocycles. The zero-order valence-corrected chi connectivity index (χ0v) is 36.3. The summed E-state index contributed by atoms with van der Waals surface area (Å²) in [5.41, 5.74) is 18.5. The van der Waals surface area contributed by atoms with E-state index in [1.165, 1.54) is 110 Å². The summed E-state index contributed by atoms with van der Waals surface area (Å²) in [7, 11) is 0. The van der Waals surface area contributed by atoms with E-state index in [-0.39, 0.29) is 0 Å². The molecule has 1 nitrogen and oxygen atoms in total. The Bertz CT molecular complexity index is 2990. The van der Waals surface area contributed by atoms with Crippen molar-refractivity contribution in [3.63, 3.8) is 0 Å². The maximum Gasteiger partial charge on any atom is 0.0714 e. The van der Waals surface area contributed by atoms with Gasteiger partial charge in [0.25, 0.3) is 0 Å². The van der Waals surface area contributed by atoms with E-state index in [4.69, 9.17) is 0 Å². The fourth-order valence-corrected chi connectivity index (χ4v) is 11.1. The van der Waals surface area contributed by atoms with Gasteiger partial charge in [-0.1, -0.05) is 215 Å². The van der Waals surface area contributed by atoms with Crippen molar-refractivity contribution in [2.75, 3.05) is 4.90 Å². The lowest BCUT2D eigenvalue weighted by Gasteiger charge is -2.35. The highest BCUT2D eigenvalue weighted by Crippen LogP contribution is 2.59. The fraction of sp³-hybridized carbons (Fsp3) is 0.161. The summed E-state index contributed by atoms with van der Waals surface area (Å²) >= 11 is 0. The Labute approximate surface area is 373 Å². The first kappa shape index (κ1) is 38.9. The summed E-state index contributed by atoms with van der Waals surface area (Å²) < 4.78 is 0. The van der Waals surface area contributed by atoms with Crippen molar-refractivity contribution in [3.05, 3.63) is 246 Å². The van der Waals surface area contributed by atoms with Gasteiger partial charge in [0.05, 0.1) is 11.1 Å². The summed E-state index contributed by atoms with van der Waals surface area (Å²) in [5, 5.41) is 2.46. The van der Waals surface area contributed by atoms with Gasteiger partial charge in [0.2, 0.25) is 0 Å². The van der Waals surface area contributed by atoms with E-state index < -0.39 is 5.41 Å². The molecule has 0 heterocycles. The molecular weight excluding hydrogens is 759 g/mol. The molecule has 2 aliphatic rings. The van der Waals surface area contributed by atoms with Gasteiger partial charge in [-0.15, -0.1) is 0 Å². The summed E-state index contributed by atoms with van der Waals surface area (Å²) in [6, 6.07) is 79.8. The number of anilines is 3. The molecule has 9 aromatic rings. The quantitative estimate of drug-likeness (QED) is 0.140. The van der Waals surface area contributed by atoms with Crippen LogP contribution >= 0.6 is 0 Å². The molecule has 0 bridgehead atoms. The van der Waals surface area contributed by atoms with Crippen LogP contribution in [0.2, 0.25) is 0 Å². The Balaban J connectivity index is 1.15. The third kappa shape index (κ3) is 6.70. The molecule has 0 aromatic heterocycles. The number of hydrogen-bond donors (Lipinski definition) is 0. The number of fused-ring (bicyclic) bond motifs is 4. The van der Waals surface area contributed by atoms with Crippen LogP contribution in [-0.2, 0) is 5.41 Å². The van der Waals surface area contributed by atoms with Crippen molar-refractivity contribution in [2.24, 2.45) is 0 Å². The van der Waals surface area contributed by atoms with Crippen molar-refractivity contribution < 1.29 is 0 Å². The third-order valence-electron chi connectivity index (χ3n) is 14.1. The van der Waals surface area contributed by atoms with E-state index in [0.29, 0.717) is 11.8 Å². The summed E-state index contributed by atoms with van der Waals surface area (Å²) in [6.07, 6.45) is 6.71. The Hall–Kier alpha value is -6.96. The molecule has 0 radical (unpaired) electrons. The second-order valence-corrected chi connectivity index (χ2v) is 18.0. The van der Waals surface area contributed by atoms with Crippen molar-refractivity contribution >= 4 is 27.8 Å². The van der Waals surface area contributed by atoms with Gasteiger partial charge in [-0.25, -0.2) is 0 Å². The number of hydrogen-bond acceptors (Lipinski definition) is 1. The van der Waals surface area contributed by atoms with Gasteiger partial charge in [0.1, 0.15) is 0 Å². The van der Waals surface area contributed by atoms with Crippen LogP contribution in [0.4, 0.5) is 17.1 Å². The second-order valence-electron chi connectivity index (χ2n) is 18.0. The van der Waals surface area contributed by atoms with Crippen LogP contribution in [0.1, 0.15) is 91.2 Å². The maximum absolute atomic E-state index is 2.52. The van der Waals surface area contributed by atoms with Gasteiger partial charge in [0, 0.05) is 16.9 Å². The van der Waals surface area contributed by atoms with E-state index in [1.54, 1.807) is 0 Å². The molecule has 11 rings (SSSR count). The Kier molecular flexibility index (Phi) is 10.1. The van der Waals surface area contributed by atoms with Crippen LogP contribution in [-0.4, -0.2) is 0 Å². The van der Waals surface area contributed by atoms with Gasteiger partial charge < -0.3 is 4.90 Å². The number of rotatable bonds is 9. The topological polar surface area (TPSA) is 3.24 Å². The van der Waals surface area contributed by atoms with E-state index in [1.807, 2.05) is 0 Å². The average molecular weight is 812 g/mol. The Morgan fingerprint density at radius 1 is 0.460 bits per heavy atom. The Morgan fingerprint density at radius 2 is 1.06 bits per heavy atom. The lowest BCUT2D eigenvalue weighted by atomic mass is 9.67. The molecule has 0 amide bonds. The fourth-order valence-electron chi connectivity index (χ4n) is 11.1.